The average molecular weight is 244 g/mol. The molecule has 4 heteroatoms. The molecule has 1 rings (SSSR count). The second kappa shape index (κ2) is 4.69. The van der Waals surface area contributed by atoms with E-state index in [-0.39, 0.29) is 17.5 Å². The lowest BCUT2D eigenvalue weighted by molar-refractivity contribution is -0.138. The van der Waals surface area contributed by atoms with Crippen LogP contribution in [0.1, 0.15) is 31.9 Å². The molecule has 0 amide bonds. The van der Waals surface area contributed by atoms with Crippen LogP contribution in [0.4, 0.5) is 13.2 Å². The first-order valence-electron chi connectivity index (χ1n) is 5.41. The Bertz CT molecular complexity index is 377. The lowest BCUT2D eigenvalue weighted by Gasteiger charge is -2.31. The molecule has 2 N–H and O–H groups in total. The Morgan fingerprint density at radius 3 is 2.06 bits per heavy atom. The fraction of sp³-hybridized carbons (Fsp3) is 0.462. The number of hydrogen-bond acceptors (Lipinski definition) is 1. The molecule has 0 bridgehead atoms. The molecule has 95 valence electrons. The average Bonchev–Trinajstić information content (AvgIpc) is 2.15. The third kappa shape index (κ3) is 3.22. The van der Waals surface area contributed by atoms with Gasteiger partial charge < -0.3 is 5.73 Å². The third-order valence-corrected chi connectivity index (χ3v) is 2.67. The van der Waals surface area contributed by atoms with Crippen molar-refractivity contribution in [2.24, 2.45) is 11.1 Å². The summed E-state index contributed by atoms with van der Waals surface area (Å²) in [6, 6.07) is 5.57. The van der Waals surface area contributed by atoms with Gasteiger partial charge in [0.15, 0.2) is 0 Å². The molecular formula is C13H17F3N. The van der Waals surface area contributed by atoms with Gasteiger partial charge in [-0.05, 0) is 17.0 Å². The predicted octanol–water partition coefficient (Wildman–Crippen LogP) is 3.63. The summed E-state index contributed by atoms with van der Waals surface area (Å²) in [5.74, 6) is 0.616. The molecular weight excluding hydrogens is 227 g/mol. The molecule has 0 spiro atoms. The molecule has 17 heavy (non-hydrogen) atoms. The van der Waals surface area contributed by atoms with E-state index in [1.165, 1.54) is 12.1 Å². The largest absolute Gasteiger partial charge is 0.416 e. The van der Waals surface area contributed by atoms with Crippen molar-refractivity contribution in [3.05, 3.63) is 41.3 Å². The van der Waals surface area contributed by atoms with Gasteiger partial charge in [-0.15, -0.1) is 0 Å². The Morgan fingerprint density at radius 1 is 1.12 bits per heavy atom. The molecule has 0 aliphatic rings. The lowest BCUT2D eigenvalue weighted by Crippen LogP contribution is -2.29. The zero-order chi connectivity index (χ0) is 13.3. The minimum atomic E-state index is -4.34. The Kier molecular flexibility index (Phi) is 3.87. The maximum Gasteiger partial charge on any atom is 0.416 e. The van der Waals surface area contributed by atoms with Crippen LogP contribution in [0.2, 0.25) is 0 Å². The standard InChI is InChI=1S/C13H17F3N/c1-12(2,3)11(8-17)9-6-4-5-7-10(9)13(14,15)16/h4-7H,8,17H2,1-3H3. The van der Waals surface area contributed by atoms with Crippen LogP contribution in [0.5, 0.6) is 0 Å². The molecule has 0 heterocycles. The minimum absolute atomic E-state index is 0.122. The topological polar surface area (TPSA) is 26.0 Å². The van der Waals surface area contributed by atoms with Crippen molar-refractivity contribution >= 4 is 0 Å². The van der Waals surface area contributed by atoms with Crippen molar-refractivity contribution in [3.63, 3.8) is 0 Å². The fourth-order valence-corrected chi connectivity index (χ4v) is 1.81. The molecule has 1 radical (unpaired) electrons. The van der Waals surface area contributed by atoms with Crippen LogP contribution < -0.4 is 5.73 Å². The van der Waals surface area contributed by atoms with Crippen molar-refractivity contribution in [1.82, 2.24) is 0 Å². The van der Waals surface area contributed by atoms with Crippen LogP contribution in [-0.4, -0.2) is 6.54 Å². The molecule has 0 aromatic heterocycles. The van der Waals surface area contributed by atoms with E-state index in [0.29, 0.717) is 5.92 Å². The smallest absolute Gasteiger partial charge is 0.330 e. The van der Waals surface area contributed by atoms with Crippen LogP contribution in [0, 0.1) is 11.3 Å². The summed E-state index contributed by atoms with van der Waals surface area (Å²) >= 11 is 0. The SMILES string of the molecule is CC(C)(C)[C](CN)c1ccccc1C(F)(F)F. The van der Waals surface area contributed by atoms with E-state index in [1.54, 1.807) is 6.07 Å². The van der Waals surface area contributed by atoms with Gasteiger partial charge in [0, 0.05) is 12.5 Å². The normalized spacial score (nSPS) is 13.2. The summed E-state index contributed by atoms with van der Waals surface area (Å²) in [7, 11) is 0. The molecule has 1 aromatic rings. The number of benzene rings is 1. The summed E-state index contributed by atoms with van der Waals surface area (Å²) < 4.78 is 38.6. The summed E-state index contributed by atoms with van der Waals surface area (Å²) in [6.07, 6.45) is -4.34. The van der Waals surface area contributed by atoms with E-state index in [2.05, 4.69) is 0 Å². The minimum Gasteiger partial charge on any atom is -0.330 e. The van der Waals surface area contributed by atoms with Crippen LogP contribution in [-0.2, 0) is 6.18 Å². The van der Waals surface area contributed by atoms with Crippen LogP contribution in [0.15, 0.2) is 24.3 Å². The monoisotopic (exact) mass is 244 g/mol. The highest BCUT2D eigenvalue weighted by Crippen LogP contribution is 2.40. The van der Waals surface area contributed by atoms with Crippen LogP contribution in [0.3, 0.4) is 0 Å². The molecule has 0 atom stereocenters. The number of alkyl halides is 3. The lowest BCUT2D eigenvalue weighted by atomic mass is 9.75. The Hall–Kier alpha value is -1.03. The van der Waals surface area contributed by atoms with E-state index in [0.717, 1.165) is 6.07 Å². The first kappa shape index (κ1) is 14.0. The van der Waals surface area contributed by atoms with E-state index in [9.17, 15) is 13.2 Å². The Morgan fingerprint density at radius 2 is 1.65 bits per heavy atom. The Labute approximate surface area is 99.8 Å². The maximum atomic E-state index is 12.9. The Balaban J connectivity index is 3.30. The second-order valence-corrected chi connectivity index (χ2v) is 4.98. The van der Waals surface area contributed by atoms with Gasteiger partial charge in [-0.25, -0.2) is 0 Å². The van der Waals surface area contributed by atoms with E-state index in [4.69, 9.17) is 5.73 Å². The summed E-state index contributed by atoms with van der Waals surface area (Å²) in [5, 5.41) is 0. The predicted molar refractivity (Wildman–Crippen MR) is 62.3 cm³/mol. The van der Waals surface area contributed by atoms with Gasteiger partial charge in [-0.3, -0.25) is 0 Å². The van der Waals surface area contributed by atoms with Gasteiger partial charge in [0.2, 0.25) is 0 Å². The number of hydrogen-bond donors (Lipinski definition) is 1. The highest BCUT2D eigenvalue weighted by Gasteiger charge is 2.37. The van der Waals surface area contributed by atoms with Crippen molar-refractivity contribution in [3.8, 4) is 0 Å². The highest BCUT2D eigenvalue weighted by atomic mass is 19.4. The number of halogens is 3. The highest BCUT2D eigenvalue weighted by molar-refractivity contribution is 5.42. The molecule has 0 aliphatic carbocycles. The van der Waals surface area contributed by atoms with E-state index < -0.39 is 11.7 Å². The molecule has 0 unspecified atom stereocenters. The van der Waals surface area contributed by atoms with Gasteiger partial charge >= 0.3 is 6.18 Å². The third-order valence-electron chi connectivity index (χ3n) is 2.67. The quantitative estimate of drug-likeness (QED) is 0.844. The zero-order valence-corrected chi connectivity index (χ0v) is 10.2. The van der Waals surface area contributed by atoms with Gasteiger partial charge in [-0.1, -0.05) is 39.0 Å². The van der Waals surface area contributed by atoms with Crippen molar-refractivity contribution in [2.45, 2.75) is 26.9 Å². The van der Waals surface area contributed by atoms with Crippen LogP contribution in [0.25, 0.3) is 0 Å². The second-order valence-electron chi connectivity index (χ2n) is 4.98. The fourth-order valence-electron chi connectivity index (χ4n) is 1.81. The summed E-state index contributed by atoms with van der Waals surface area (Å²) in [4.78, 5) is 0. The first-order valence-corrected chi connectivity index (χ1v) is 5.41. The number of rotatable bonds is 2. The van der Waals surface area contributed by atoms with E-state index in [1.807, 2.05) is 20.8 Å². The molecule has 0 saturated carbocycles. The van der Waals surface area contributed by atoms with Gasteiger partial charge in [0.1, 0.15) is 0 Å². The number of nitrogens with two attached hydrogens (primary N) is 1. The van der Waals surface area contributed by atoms with Gasteiger partial charge in [-0.2, -0.15) is 13.2 Å². The zero-order valence-electron chi connectivity index (χ0n) is 10.2. The molecule has 1 nitrogen and oxygen atoms in total. The summed E-state index contributed by atoms with van der Waals surface area (Å²) in [5.41, 5.74) is 4.81. The molecule has 0 saturated heterocycles. The van der Waals surface area contributed by atoms with Crippen molar-refractivity contribution < 1.29 is 13.2 Å². The van der Waals surface area contributed by atoms with Crippen LogP contribution >= 0.6 is 0 Å². The maximum absolute atomic E-state index is 12.9. The summed E-state index contributed by atoms with van der Waals surface area (Å²) in [6.45, 7) is 5.71. The van der Waals surface area contributed by atoms with Crippen molar-refractivity contribution in [1.29, 1.82) is 0 Å². The molecule has 1 aromatic carbocycles. The van der Waals surface area contributed by atoms with Gasteiger partial charge in [0.25, 0.3) is 0 Å². The van der Waals surface area contributed by atoms with Crippen molar-refractivity contribution in [2.75, 3.05) is 6.54 Å². The first-order chi connectivity index (χ1) is 7.68. The van der Waals surface area contributed by atoms with Gasteiger partial charge in [0.05, 0.1) is 5.56 Å². The van der Waals surface area contributed by atoms with E-state index >= 15 is 0 Å². The molecule has 0 aliphatic heterocycles. The molecule has 0 fully saturated rings.